The van der Waals surface area contributed by atoms with Gasteiger partial charge in [0.2, 0.25) is 5.91 Å². The molecule has 0 fully saturated rings. The van der Waals surface area contributed by atoms with Crippen molar-refractivity contribution in [3.8, 4) is 5.75 Å². The van der Waals surface area contributed by atoms with Crippen molar-refractivity contribution in [2.24, 2.45) is 0 Å². The number of rotatable bonds is 4. The monoisotopic (exact) mass is 440 g/mol. The predicted molar refractivity (Wildman–Crippen MR) is 133 cm³/mol. The minimum Gasteiger partial charge on any atom is -0.489 e. The second-order valence-electron chi connectivity index (χ2n) is 9.05. The second-order valence-corrected chi connectivity index (χ2v) is 9.05. The Bertz CT molecular complexity index is 1180. The maximum atomic E-state index is 12.9. The van der Waals surface area contributed by atoms with Crippen LogP contribution in [0, 0.1) is 0 Å². The first-order valence-corrected chi connectivity index (χ1v) is 11.0. The highest BCUT2D eigenvalue weighted by molar-refractivity contribution is 6.07. The molecular formula is C28H28N2O3. The average molecular weight is 441 g/mol. The molecule has 5 heteroatoms. The summed E-state index contributed by atoms with van der Waals surface area (Å²) in [6, 6.07) is 22.7. The molecule has 4 rings (SSSR count). The zero-order valence-electron chi connectivity index (χ0n) is 19.2. The van der Waals surface area contributed by atoms with E-state index in [-0.39, 0.29) is 17.2 Å². The average Bonchev–Trinajstić information content (AvgIpc) is 2.82. The molecule has 0 saturated heterocycles. The minimum absolute atomic E-state index is 0.0719. The molecule has 1 heterocycles. The van der Waals surface area contributed by atoms with Gasteiger partial charge in [-0.05, 0) is 46.9 Å². The third-order valence-electron chi connectivity index (χ3n) is 5.56. The quantitative estimate of drug-likeness (QED) is 0.532. The van der Waals surface area contributed by atoms with E-state index < -0.39 is 0 Å². The third-order valence-corrected chi connectivity index (χ3v) is 5.56. The number of nitrogens with one attached hydrogen (secondary N) is 1. The number of hydrogen-bond donors (Lipinski definition) is 1. The number of benzene rings is 3. The number of fused-ring (bicyclic) bond motifs is 1. The first kappa shape index (κ1) is 22.3. The van der Waals surface area contributed by atoms with Crippen LogP contribution in [-0.2, 0) is 10.2 Å². The molecule has 0 spiro atoms. The van der Waals surface area contributed by atoms with E-state index in [1.807, 2.05) is 30.3 Å². The number of amides is 2. The van der Waals surface area contributed by atoms with Crippen LogP contribution >= 0.6 is 0 Å². The highest BCUT2D eigenvalue weighted by Crippen LogP contribution is 2.35. The van der Waals surface area contributed by atoms with E-state index in [0.717, 1.165) is 5.56 Å². The molecule has 33 heavy (non-hydrogen) atoms. The van der Waals surface area contributed by atoms with Gasteiger partial charge in [0.1, 0.15) is 12.4 Å². The lowest BCUT2D eigenvalue weighted by atomic mass is 9.87. The number of nitrogens with zero attached hydrogens (tertiary/aromatic N) is 1. The summed E-state index contributed by atoms with van der Waals surface area (Å²) in [5.74, 6) is 0.269. The smallest absolute Gasteiger partial charge is 0.258 e. The van der Waals surface area contributed by atoms with Crippen LogP contribution in [0.25, 0.3) is 6.08 Å². The minimum atomic E-state index is -0.233. The van der Waals surface area contributed by atoms with Crippen LogP contribution in [0.5, 0.6) is 5.75 Å². The van der Waals surface area contributed by atoms with E-state index in [1.165, 1.54) is 11.6 Å². The fourth-order valence-corrected chi connectivity index (χ4v) is 3.70. The summed E-state index contributed by atoms with van der Waals surface area (Å²) >= 11 is 0. The molecule has 0 bridgehead atoms. The topological polar surface area (TPSA) is 58.6 Å². The van der Waals surface area contributed by atoms with Gasteiger partial charge in [0.15, 0.2) is 0 Å². The number of carbonyl (C=O) groups is 2. The maximum Gasteiger partial charge on any atom is 0.258 e. The van der Waals surface area contributed by atoms with Gasteiger partial charge in [-0.15, -0.1) is 0 Å². The Balaban J connectivity index is 1.44. The summed E-state index contributed by atoms with van der Waals surface area (Å²) in [6.07, 6.45) is 3.30. The molecule has 168 valence electrons. The van der Waals surface area contributed by atoms with Gasteiger partial charge in [0, 0.05) is 23.4 Å². The van der Waals surface area contributed by atoms with Gasteiger partial charge in [-0.3, -0.25) is 9.59 Å². The Morgan fingerprint density at radius 2 is 1.70 bits per heavy atom. The zero-order chi connectivity index (χ0) is 23.4. The Morgan fingerprint density at radius 1 is 0.970 bits per heavy atom. The van der Waals surface area contributed by atoms with Gasteiger partial charge in [0.05, 0.1) is 12.2 Å². The van der Waals surface area contributed by atoms with Gasteiger partial charge >= 0.3 is 0 Å². The summed E-state index contributed by atoms with van der Waals surface area (Å²) < 4.78 is 5.77. The van der Waals surface area contributed by atoms with Crippen LogP contribution in [0.3, 0.4) is 0 Å². The van der Waals surface area contributed by atoms with Crippen molar-refractivity contribution in [3.05, 3.63) is 95.6 Å². The number of carbonyl (C=O) groups excluding carboxylic acids is 2. The molecule has 1 N–H and O–H groups in total. The molecule has 0 saturated carbocycles. The first-order valence-electron chi connectivity index (χ1n) is 11.0. The fraction of sp³-hybridized carbons (Fsp3) is 0.214. The lowest BCUT2D eigenvalue weighted by molar-refractivity contribution is -0.111. The molecular weight excluding hydrogens is 412 g/mol. The fourth-order valence-electron chi connectivity index (χ4n) is 3.70. The van der Waals surface area contributed by atoms with Crippen molar-refractivity contribution in [1.82, 2.24) is 0 Å². The summed E-state index contributed by atoms with van der Waals surface area (Å²) in [4.78, 5) is 27.1. The van der Waals surface area contributed by atoms with Crippen molar-refractivity contribution in [3.63, 3.8) is 0 Å². The standard InChI is InChI=1S/C28H28N2O3/c1-28(2,3)22-12-9-20(10-13-22)11-16-26(31)29-23-14-15-24-25(19-23)33-18-17-30(24)27(32)21-7-5-4-6-8-21/h4-16,19H,17-18H2,1-3H3,(H,29,31). The molecule has 5 nitrogen and oxygen atoms in total. The van der Waals surface area contributed by atoms with E-state index in [2.05, 4.69) is 38.2 Å². The SMILES string of the molecule is CC(C)(C)c1ccc(C=CC(=O)Nc2ccc3c(c2)OCCN3C(=O)c2ccccc2)cc1. The molecule has 0 unspecified atom stereocenters. The van der Waals surface area contributed by atoms with Gasteiger partial charge < -0.3 is 15.0 Å². The number of hydrogen-bond acceptors (Lipinski definition) is 3. The van der Waals surface area contributed by atoms with Gasteiger partial charge in [0.25, 0.3) is 5.91 Å². The van der Waals surface area contributed by atoms with E-state index in [4.69, 9.17) is 4.74 Å². The normalized spacial score (nSPS) is 13.4. The van der Waals surface area contributed by atoms with Crippen molar-refractivity contribution in [2.45, 2.75) is 26.2 Å². The first-order chi connectivity index (χ1) is 15.8. The predicted octanol–water partition coefficient (Wildman–Crippen LogP) is 5.68. The summed E-state index contributed by atoms with van der Waals surface area (Å²) in [7, 11) is 0. The van der Waals surface area contributed by atoms with Crippen LogP contribution in [0.15, 0.2) is 78.9 Å². The van der Waals surface area contributed by atoms with Crippen LogP contribution in [0.1, 0.15) is 42.3 Å². The van der Waals surface area contributed by atoms with Gasteiger partial charge in [-0.25, -0.2) is 0 Å². The lowest BCUT2D eigenvalue weighted by Crippen LogP contribution is -2.37. The van der Waals surface area contributed by atoms with Crippen molar-refractivity contribution in [1.29, 1.82) is 0 Å². The molecule has 2 amide bonds. The Hall–Kier alpha value is -3.86. The second kappa shape index (κ2) is 9.33. The van der Waals surface area contributed by atoms with Crippen LogP contribution < -0.4 is 15.0 Å². The highest BCUT2D eigenvalue weighted by Gasteiger charge is 2.25. The molecule has 1 aliphatic rings. The van der Waals surface area contributed by atoms with Crippen LogP contribution in [-0.4, -0.2) is 25.0 Å². The van der Waals surface area contributed by atoms with Gasteiger partial charge in [-0.1, -0.05) is 63.2 Å². The third kappa shape index (κ3) is 5.32. The molecule has 0 radical (unpaired) electrons. The molecule has 0 aliphatic carbocycles. The van der Waals surface area contributed by atoms with Crippen LogP contribution in [0.2, 0.25) is 0 Å². The van der Waals surface area contributed by atoms with Crippen molar-refractivity contribution in [2.75, 3.05) is 23.4 Å². The van der Waals surface area contributed by atoms with E-state index in [0.29, 0.717) is 35.8 Å². The molecule has 0 aromatic heterocycles. The van der Waals surface area contributed by atoms with Gasteiger partial charge in [-0.2, -0.15) is 0 Å². The summed E-state index contributed by atoms with van der Waals surface area (Å²) in [5, 5.41) is 2.86. The van der Waals surface area contributed by atoms with Crippen molar-refractivity contribution >= 4 is 29.3 Å². The maximum absolute atomic E-state index is 12.9. The summed E-state index contributed by atoms with van der Waals surface area (Å²) in [5.41, 5.74) is 4.24. The Morgan fingerprint density at radius 3 is 2.39 bits per heavy atom. The number of ether oxygens (including phenoxy) is 1. The molecule has 3 aromatic rings. The largest absolute Gasteiger partial charge is 0.489 e. The van der Waals surface area contributed by atoms with E-state index in [1.54, 1.807) is 41.3 Å². The Kier molecular flexibility index (Phi) is 6.31. The summed E-state index contributed by atoms with van der Waals surface area (Å²) in [6.45, 7) is 7.38. The molecule has 0 atom stereocenters. The zero-order valence-corrected chi connectivity index (χ0v) is 19.2. The molecule has 3 aromatic carbocycles. The lowest BCUT2D eigenvalue weighted by Gasteiger charge is -2.30. The molecule has 1 aliphatic heterocycles. The number of anilines is 2. The van der Waals surface area contributed by atoms with Crippen molar-refractivity contribution < 1.29 is 14.3 Å². The Labute approximate surface area is 194 Å². The van der Waals surface area contributed by atoms with E-state index in [9.17, 15) is 9.59 Å². The highest BCUT2D eigenvalue weighted by atomic mass is 16.5. The van der Waals surface area contributed by atoms with E-state index >= 15 is 0 Å². The van der Waals surface area contributed by atoms with Crippen LogP contribution in [0.4, 0.5) is 11.4 Å².